The molecule has 0 bridgehead atoms. The van der Waals surface area contributed by atoms with Gasteiger partial charge in [-0.2, -0.15) is 0 Å². The SMILES string of the molecule is Nc1ccc(S(=O)(=O)Cc2ccc(F)c(Br)c2)cc1Cl. The molecule has 2 aromatic carbocycles. The van der Waals surface area contributed by atoms with E-state index in [1.807, 2.05) is 0 Å². The van der Waals surface area contributed by atoms with Gasteiger partial charge in [-0.05, 0) is 51.8 Å². The highest BCUT2D eigenvalue weighted by Crippen LogP contribution is 2.26. The molecule has 0 saturated carbocycles. The Morgan fingerprint density at radius 2 is 1.90 bits per heavy atom. The van der Waals surface area contributed by atoms with Gasteiger partial charge in [0.25, 0.3) is 0 Å². The van der Waals surface area contributed by atoms with Gasteiger partial charge in [0.05, 0.1) is 25.8 Å². The van der Waals surface area contributed by atoms with Crippen molar-refractivity contribution in [1.82, 2.24) is 0 Å². The van der Waals surface area contributed by atoms with Gasteiger partial charge in [-0.3, -0.25) is 0 Å². The maximum Gasteiger partial charge on any atom is 0.182 e. The summed E-state index contributed by atoms with van der Waals surface area (Å²) < 4.78 is 37.9. The predicted molar refractivity (Wildman–Crippen MR) is 80.9 cm³/mol. The Kier molecular flexibility index (Phi) is 4.36. The van der Waals surface area contributed by atoms with Crippen LogP contribution in [0.4, 0.5) is 10.1 Å². The molecule has 0 saturated heterocycles. The van der Waals surface area contributed by atoms with E-state index < -0.39 is 15.7 Å². The number of sulfone groups is 1. The van der Waals surface area contributed by atoms with Crippen LogP contribution in [0.5, 0.6) is 0 Å². The van der Waals surface area contributed by atoms with Crippen molar-refractivity contribution in [3.05, 3.63) is 57.3 Å². The molecular weight excluding hydrogens is 369 g/mol. The maximum atomic E-state index is 13.1. The van der Waals surface area contributed by atoms with Gasteiger partial charge >= 0.3 is 0 Å². The zero-order valence-electron chi connectivity index (χ0n) is 10.1. The molecule has 106 valence electrons. The molecule has 0 aliphatic carbocycles. The molecule has 0 fully saturated rings. The summed E-state index contributed by atoms with van der Waals surface area (Å²) in [5.41, 5.74) is 6.34. The normalized spacial score (nSPS) is 11.6. The van der Waals surface area contributed by atoms with Gasteiger partial charge in [-0.25, -0.2) is 12.8 Å². The summed E-state index contributed by atoms with van der Waals surface area (Å²) in [5, 5.41) is 0.186. The van der Waals surface area contributed by atoms with Crippen molar-refractivity contribution < 1.29 is 12.8 Å². The molecule has 2 rings (SSSR count). The van der Waals surface area contributed by atoms with Crippen LogP contribution in [0.2, 0.25) is 5.02 Å². The topological polar surface area (TPSA) is 60.2 Å². The van der Waals surface area contributed by atoms with Crippen LogP contribution in [-0.4, -0.2) is 8.42 Å². The summed E-state index contributed by atoms with van der Waals surface area (Å²) in [4.78, 5) is 0.0807. The van der Waals surface area contributed by atoms with Crippen molar-refractivity contribution in [2.45, 2.75) is 10.6 Å². The summed E-state index contributed by atoms with van der Waals surface area (Å²) in [7, 11) is -3.57. The van der Waals surface area contributed by atoms with Crippen LogP contribution < -0.4 is 5.73 Å². The van der Waals surface area contributed by atoms with Gasteiger partial charge in [0.1, 0.15) is 5.82 Å². The number of anilines is 1. The monoisotopic (exact) mass is 377 g/mol. The number of benzene rings is 2. The minimum Gasteiger partial charge on any atom is -0.398 e. The Hall–Kier alpha value is -1.11. The molecule has 0 atom stereocenters. The summed E-state index contributed by atoms with van der Waals surface area (Å²) in [6.45, 7) is 0. The van der Waals surface area contributed by atoms with E-state index >= 15 is 0 Å². The van der Waals surface area contributed by atoms with E-state index in [1.165, 1.54) is 36.4 Å². The minimum atomic E-state index is -3.57. The molecule has 7 heteroatoms. The Labute approximate surface area is 129 Å². The quantitative estimate of drug-likeness (QED) is 0.827. The van der Waals surface area contributed by atoms with E-state index in [1.54, 1.807) is 0 Å². The first-order valence-corrected chi connectivity index (χ1v) is 8.33. The summed E-state index contributed by atoms with van der Waals surface area (Å²) in [5.74, 6) is -0.687. The standard InChI is InChI=1S/C13H10BrClFNO2S/c14-10-5-8(1-3-12(10)16)7-20(18,19)9-2-4-13(17)11(15)6-9/h1-6H,7,17H2. The third kappa shape index (κ3) is 3.31. The van der Waals surface area contributed by atoms with Crippen LogP contribution in [-0.2, 0) is 15.6 Å². The molecular formula is C13H10BrClFNO2S. The lowest BCUT2D eigenvalue weighted by atomic mass is 10.2. The van der Waals surface area contributed by atoms with E-state index in [0.29, 0.717) is 11.3 Å². The van der Waals surface area contributed by atoms with Crippen LogP contribution in [0.1, 0.15) is 5.56 Å². The highest BCUT2D eigenvalue weighted by atomic mass is 79.9. The fraction of sp³-hybridized carbons (Fsp3) is 0.0769. The zero-order valence-corrected chi connectivity index (χ0v) is 13.3. The highest BCUT2D eigenvalue weighted by Gasteiger charge is 2.17. The lowest BCUT2D eigenvalue weighted by Gasteiger charge is -2.07. The third-order valence-electron chi connectivity index (χ3n) is 2.67. The molecule has 0 aromatic heterocycles. The second-order valence-electron chi connectivity index (χ2n) is 4.19. The third-order valence-corrected chi connectivity index (χ3v) is 5.29. The molecule has 0 heterocycles. The first-order valence-electron chi connectivity index (χ1n) is 5.51. The second-order valence-corrected chi connectivity index (χ2v) is 7.44. The lowest BCUT2D eigenvalue weighted by Crippen LogP contribution is -2.05. The van der Waals surface area contributed by atoms with E-state index in [-0.39, 0.29) is 20.1 Å². The summed E-state index contributed by atoms with van der Waals surface area (Å²) >= 11 is 8.85. The van der Waals surface area contributed by atoms with Crippen LogP contribution in [0.3, 0.4) is 0 Å². The first-order chi connectivity index (χ1) is 9.29. The maximum absolute atomic E-state index is 13.1. The molecule has 0 spiro atoms. The average molecular weight is 379 g/mol. The number of hydrogen-bond acceptors (Lipinski definition) is 3. The van der Waals surface area contributed by atoms with E-state index in [4.69, 9.17) is 17.3 Å². The van der Waals surface area contributed by atoms with Gasteiger partial charge in [0.2, 0.25) is 0 Å². The highest BCUT2D eigenvalue weighted by molar-refractivity contribution is 9.10. The second kappa shape index (κ2) is 5.71. The Morgan fingerprint density at radius 1 is 1.20 bits per heavy atom. The van der Waals surface area contributed by atoms with E-state index in [0.717, 1.165) is 0 Å². The largest absolute Gasteiger partial charge is 0.398 e. The Morgan fingerprint density at radius 3 is 2.50 bits per heavy atom. The molecule has 2 N–H and O–H groups in total. The fourth-order valence-electron chi connectivity index (χ4n) is 1.63. The Bertz CT molecular complexity index is 765. The summed E-state index contributed by atoms with van der Waals surface area (Å²) in [6, 6.07) is 8.23. The molecule has 0 aliphatic heterocycles. The van der Waals surface area contributed by atoms with Gasteiger partial charge < -0.3 is 5.73 Å². The number of nitrogens with two attached hydrogens (primary N) is 1. The number of halogens is 3. The van der Waals surface area contributed by atoms with Crippen LogP contribution >= 0.6 is 27.5 Å². The van der Waals surface area contributed by atoms with Crippen molar-refractivity contribution in [3.8, 4) is 0 Å². The summed E-state index contributed by atoms with van der Waals surface area (Å²) in [6.07, 6.45) is 0. The molecule has 0 unspecified atom stereocenters. The molecule has 20 heavy (non-hydrogen) atoms. The minimum absolute atomic E-state index is 0.0807. The van der Waals surface area contributed by atoms with Crippen molar-refractivity contribution in [2.24, 2.45) is 0 Å². The molecule has 0 aliphatic rings. The smallest absolute Gasteiger partial charge is 0.182 e. The fourth-order valence-corrected chi connectivity index (χ4v) is 3.66. The number of rotatable bonds is 3. The Balaban J connectivity index is 2.35. The van der Waals surface area contributed by atoms with Gasteiger partial charge in [0.15, 0.2) is 9.84 Å². The van der Waals surface area contributed by atoms with Gasteiger partial charge in [-0.1, -0.05) is 17.7 Å². The van der Waals surface area contributed by atoms with Crippen LogP contribution in [0.15, 0.2) is 45.8 Å². The van der Waals surface area contributed by atoms with Crippen molar-refractivity contribution in [1.29, 1.82) is 0 Å². The van der Waals surface area contributed by atoms with Gasteiger partial charge in [-0.15, -0.1) is 0 Å². The first kappa shape index (κ1) is 15.3. The van der Waals surface area contributed by atoms with Crippen LogP contribution in [0, 0.1) is 5.82 Å². The molecule has 3 nitrogen and oxygen atoms in total. The average Bonchev–Trinajstić information content (AvgIpc) is 2.37. The molecule has 0 amide bonds. The van der Waals surface area contributed by atoms with Crippen molar-refractivity contribution in [2.75, 3.05) is 5.73 Å². The van der Waals surface area contributed by atoms with Crippen molar-refractivity contribution >= 4 is 43.1 Å². The lowest BCUT2D eigenvalue weighted by molar-refractivity contribution is 0.594. The molecule has 2 aromatic rings. The van der Waals surface area contributed by atoms with Gasteiger partial charge in [0, 0.05) is 0 Å². The molecule has 0 radical (unpaired) electrons. The number of hydrogen-bond donors (Lipinski definition) is 1. The van der Waals surface area contributed by atoms with E-state index in [9.17, 15) is 12.8 Å². The van der Waals surface area contributed by atoms with Crippen LogP contribution in [0.25, 0.3) is 0 Å². The van der Waals surface area contributed by atoms with E-state index in [2.05, 4.69) is 15.9 Å². The zero-order chi connectivity index (χ0) is 14.9. The van der Waals surface area contributed by atoms with Crippen molar-refractivity contribution in [3.63, 3.8) is 0 Å². The number of nitrogen functional groups attached to an aromatic ring is 1. The predicted octanol–water partition coefficient (Wildman–Crippen LogP) is 3.80.